The zero-order chi connectivity index (χ0) is 18.9. The first-order chi connectivity index (χ1) is 12.4. The Morgan fingerprint density at radius 1 is 0.962 bits per heavy atom. The van der Waals surface area contributed by atoms with Crippen molar-refractivity contribution in [2.45, 2.75) is 26.5 Å². The van der Waals surface area contributed by atoms with Crippen LogP contribution in [0.3, 0.4) is 0 Å². The molecule has 0 fully saturated rings. The summed E-state index contributed by atoms with van der Waals surface area (Å²) in [6.07, 6.45) is 0.571. The number of carbonyl (C=O) groups is 2. The Hall–Kier alpha value is -2.96. The van der Waals surface area contributed by atoms with Gasteiger partial charge in [0, 0.05) is 25.6 Å². The van der Waals surface area contributed by atoms with Gasteiger partial charge in [-0.3, -0.25) is 9.59 Å². The molecule has 138 valence electrons. The molecular formula is C19H20F2N2O3. The van der Waals surface area contributed by atoms with Crippen molar-refractivity contribution in [3.63, 3.8) is 0 Å². The van der Waals surface area contributed by atoms with Crippen LogP contribution in [-0.2, 0) is 17.8 Å². The summed E-state index contributed by atoms with van der Waals surface area (Å²) in [5.41, 5.74) is 2.33. The van der Waals surface area contributed by atoms with Gasteiger partial charge in [-0.2, -0.15) is 8.78 Å². The Bertz CT molecular complexity index is 731. The van der Waals surface area contributed by atoms with Gasteiger partial charge in [0.25, 0.3) is 5.91 Å². The van der Waals surface area contributed by atoms with Crippen LogP contribution in [0.5, 0.6) is 5.75 Å². The van der Waals surface area contributed by atoms with E-state index in [2.05, 4.69) is 15.4 Å². The maximum atomic E-state index is 12.1. The van der Waals surface area contributed by atoms with Gasteiger partial charge in [0.15, 0.2) is 0 Å². The highest BCUT2D eigenvalue weighted by Crippen LogP contribution is 2.15. The fourth-order valence-electron chi connectivity index (χ4n) is 2.26. The molecule has 2 amide bonds. The number of alkyl halides is 2. The quantitative estimate of drug-likeness (QED) is 0.759. The third-order valence-electron chi connectivity index (χ3n) is 3.61. The predicted octanol–water partition coefficient (Wildman–Crippen LogP) is 2.90. The summed E-state index contributed by atoms with van der Waals surface area (Å²) >= 11 is 0. The van der Waals surface area contributed by atoms with Gasteiger partial charge in [0.1, 0.15) is 5.75 Å². The van der Waals surface area contributed by atoms with Gasteiger partial charge in [-0.05, 0) is 41.8 Å². The lowest BCUT2D eigenvalue weighted by Crippen LogP contribution is -2.25. The Labute approximate surface area is 150 Å². The second-order valence-electron chi connectivity index (χ2n) is 5.64. The molecule has 0 bridgehead atoms. The minimum atomic E-state index is -2.84. The van der Waals surface area contributed by atoms with Crippen LogP contribution in [0.1, 0.15) is 28.4 Å². The second-order valence-corrected chi connectivity index (χ2v) is 5.64. The highest BCUT2D eigenvalue weighted by Gasteiger charge is 2.06. The van der Waals surface area contributed by atoms with E-state index in [9.17, 15) is 18.4 Å². The van der Waals surface area contributed by atoms with Crippen molar-refractivity contribution < 1.29 is 23.1 Å². The van der Waals surface area contributed by atoms with Crippen molar-refractivity contribution in [1.29, 1.82) is 0 Å². The summed E-state index contributed by atoms with van der Waals surface area (Å²) in [4.78, 5) is 23.0. The molecule has 2 rings (SSSR count). The molecule has 2 N–H and O–H groups in total. The molecule has 0 aromatic heterocycles. The molecule has 0 heterocycles. The van der Waals surface area contributed by atoms with Gasteiger partial charge in [0.2, 0.25) is 5.91 Å². The van der Waals surface area contributed by atoms with Gasteiger partial charge in [0.05, 0.1) is 0 Å². The lowest BCUT2D eigenvalue weighted by Gasteiger charge is -2.08. The maximum absolute atomic E-state index is 12.1. The van der Waals surface area contributed by atoms with Crippen LogP contribution >= 0.6 is 0 Å². The van der Waals surface area contributed by atoms with E-state index in [0.29, 0.717) is 25.1 Å². The Morgan fingerprint density at radius 2 is 1.58 bits per heavy atom. The summed E-state index contributed by atoms with van der Waals surface area (Å²) in [5.74, 6) is -0.207. The molecule has 5 nitrogen and oxygen atoms in total. The fraction of sp³-hybridized carbons (Fsp3) is 0.263. The topological polar surface area (TPSA) is 67.4 Å². The van der Waals surface area contributed by atoms with Crippen molar-refractivity contribution in [3.05, 3.63) is 65.2 Å². The van der Waals surface area contributed by atoms with Crippen LogP contribution < -0.4 is 15.4 Å². The smallest absolute Gasteiger partial charge is 0.387 e. The van der Waals surface area contributed by atoms with Crippen molar-refractivity contribution in [2.24, 2.45) is 0 Å². The molecule has 0 aliphatic rings. The molecule has 0 unspecified atom stereocenters. The van der Waals surface area contributed by atoms with Crippen LogP contribution in [-0.4, -0.2) is 25.0 Å². The predicted molar refractivity (Wildman–Crippen MR) is 93.1 cm³/mol. The van der Waals surface area contributed by atoms with E-state index in [4.69, 9.17) is 0 Å². The van der Waals surface area contributed by atoms with Gasteiger partial charge >= 0.3 is 6.61 Å². The minimum Gasteiger partial charge on any atom is -0.435 e. The monoisotopic (exact) mass is 362 g/mol. The number of carbonyl (C=O) groups excluding carboxylic acids is 2. The van der Waals surface area contributed by atoms with E-state index < -0.39 is 6.61 Å². The molecule has 0 aliphatic heterocycles. The lowest BCUT2D eigenvalue weighted by molar-refractivity contribution is -0.119. The Kier molecular flexibility index (Phi) is 7.08. The molecule has 0 saturated heterocycles. The third-order valence-corrected chi connectivity index (χ3v) is 3.61. The maximum Gasteiger partial charge on any atom is 0.387 e. The summed E-state index contributed by atoms with van der Waals surface area (Å²) in [7, 11) is 0. The number of rotatable bonds is 8. The summed E-state index contributed by atoms with van der Waals surface area (Å²) in [6, 6.07) is 13.3. The number of ether oxygens (including phenoxy) is 1. The average Bonchev–Trinajstić information content (AvgIpc) is 2.61. The molecule has 0 atom stereocenters. The van der Waals surface area contributed by atoms with E-state index in [1.807, 2.05) is 0 Å². The van der Waals surface area contributed by atoms with Crippen LogP contribution in [0, 0.1) is 0 Å². The first-order valence-corrected chi connectivity index (χ1v) is 8.09. The van der Waals surface area contributed by atoms with Crippen molar-refractivity contribution in [3.8, 4) is 5.75 Å². The van der Waals surface area contributed by atoms with E-state index in [0.717, 1.165) is 11.1 Å². The Balaban J connectivity index is 1.78. The molecule has 2 aromatic rings. The number of amides is 2. The van der Waals surface area contributed by atoms with Crippen LogP contribution in [0.2, 0.25) is 0 Å². The first kappa shape index (κ1) is 19.4. The molecule has 26 heavy (non-hydrogen) atoms. The summed E-state index contributed by atoms with van der Waals surface area (Å²) < 4.78 is 28.5. The van der Waals surface area contributed by atoms with E-state index in [-0.39, 0.29) is 17.6 Å². The zero-order valence-electron chi connectivity index (χ0n) is 14.3. The standard InChI is InChI=1S/C19H20F2N2O3/c1-13(24)23-12-15-2-6-16(7-3-15)18(25)22-11-10-14-4-8-17(9-5-14)26-19(20)21/h2-9,19H,10-12H2,1H3,(H,22,25)(H,23,24). The molecule has 2 aromatic carbocycles. The molecule has 0 spiro atoms. The van der Waals surface area contributed by atoms with Crippen molar-refractivity contribution >= 4 is 11.8 Å². The SMILES string of the molecule is CC(=O)NCc1ccc(C(=O)NCCc2ccc(OC(F)F)cc2)cc1. The van der Waals surface area contributed by atoms with Crippen LogP contribution in [0.15, 0.2) is 48.5 Å². The number of halogens is 2. The minimum absolute atomic E-state index is 0.104. The highest BCUT2D eigenvalue weighted by molar-refractivity contribution is 5.94. The Morgan fingerprint density at radius 3 is 2.15 bits per heavy atom. The summed E-state index contributed by atoms with van der Waals surface area (Å²) in [5, 5.41) is 5.49. The number of nitrogens with one attached hydrogen (secondary N) is 2. The normalized spacial score (nSPS) is 10.5. The van der Waals surface area contributed by atoms with E-state index >= 15 is 0 Å². The van der Waals surface area contributed by atoms with Crippen LogP contribution in [0.4, 0.5) is 8.78 Å². The van der Waals surface area contributed by atoms with Gasteiger partial charge in [-0.25, -0.2) is 0 Å². The largest absolute Gasteiger partial charge is 0.435 e. The fourth-order valence-corrected chi connectivity index (χ4v) is 2.26. The molecule has 7 heteroatoms. The lowest BCUT2D eigenvalue weighted by atomic mass is 10.1. The third kappa shape index (κ3) is 6.51. The van der Waals surface area contributed by atoms with Gasteiger partial charge in [-0.1, -0.05) is 24.3 Å². The molecule has 0 aliphatic carbocycles. The highest BCUT2D eigenvalue weighted by atomic mass is 19.3. The van der Waals surface area contributed by atoms with Crippen molar-refractivity contribution in [1.82, 2.24) is 10.6 Å². The molecule has 0 saturated carbocycles. The zero-order valence-corrected chi connectivity index (χ0v) is 14.3. The molecule has 0 radical (unpaired) electrons. The number of benzene rings is 2. The molecular weight excluding hydrogens is 342 g/mol. The average molecular weight is 362 g/mol. The second kappa shape index (κ2) is 9.50. The summed E-state index contributed by atoms with van der Waals surface area (Å²) in [6.45, 7) is -0.560. The van der Waals surface area contributed by atoms with E-state index in [1.54, 1.807) is 36.4 Å². The van der Waals surface area contributed by atoms with Gasteiger partial charge in [-0.15, -0.1) is 0 Å². The van der Waals surface area contributed by atoms with Gasteiger partial charge < -0.3 is 15.4 Å². The van der Waals surface area contributed by atoms with Crippen LogP contribution in [0.25, 0.3) is 0 Å². The number of hydrogen-bond acceptors (Lipinski definition) is 3. The van der Waals surface area contributed by atoms with Crippen molar-refractivity contribution in [2.75, 3.05) is 6.54 Å². The number of hydrogen-bond donors (Lipinski definition) is 2. The first-order valence-electron chi connectivity index (χ1n) is 8.09. The van der Waals surface area contributed by atoms with E-state index in [1.165, 1.54) is 19.1 Å².